The third-order valence-corrected chi connectivity index (χ3v) is 3.30. The smallest absolute Gasteiger partial charge is 0.102 e. The first-order chi connectivity index (χ1) is 5.57. The summed E-state index contributed by atoms with van der Waals surface area (Å²) in [5.74, 6) is 0. The fourth-order valence-electron chi connectivity index (χ4n) is 0.971. The Morgan fingerprint density at radius 2 is 2.17 bits per heavy atom. The molecule has 1 aromatic heterocycles. The monoisotopic (exact) mass is 280 g/mol. The molecule has 0 saturated heterocycles. The number of rotatable bonds is 2. The van der Waals surface area contributed by atoms with Crippen molar-refractivity contribution < 1.29 is 5.11 Å². The number of nitrogens with zero attached hydrogens (tertiary/aromatic N) is 2. The number of aromatic nitrogens is 2. The Hall–Kier alpha value is -0.100. The molecule has 0 spiro atoms. The van der Waals surface area contributed by atoms with Crippen LogP contribution >= 0.6 is 22.6 Å². The maximum Gasteiger partial charge on any atom is 0.102 e. The molecule has 12 heavy (non-hydrogen) atoms. The molecule has 0 aliphatic carbocycles. The summed E-state index contributed by atoms with van der Waals surface area (Å²) < 4.78 is 2.98. The van der Waals surface area contributed by atoms with E-state index in [4.69, 9.17) is 5.11 Å². The molecule has 3 nitrogen and oxygen atoms in total. The lowest BCUT2D eigenvalue weighted by Crippen LogP contribution is -2.12. The zero-order valence-corrected chi connectivity index (χ0v) is 9.66. The van der Waals surface area contributed by atoms with E-state index >= 15 is 0 Å². The predicted octanol–water partition coefficient (Wildman–Crippen LogP) is 1.66. The second kappa shape index (κ2) is 3.74. The predicted molar refractivity (Wildman–Crippen MR) is 56.2 cm³/mol. The standard InChI is InChI=1S/C8H13IN2O/c1-5(4-12)11-8(9)6(2)7(3)10-11/h5,12H,4H2,1-3H3/t5-/m0/s1. The van der Waals surface area contributed by atoms with Crippen LogP contribution in [0.15, 0.2) is 0 Å². The van der Waals surface area contributed by atoms with E-state index < -0.39 is 0 Å². The minimum absolute atomic E-state index is 0.0734. The second-order valence-corrected chi connectivity index (χ2v) is 4.00. The zero-order valence-electron chi connectivity index (χ0n) is 7.50. The highest BCUT2D eigenvalue weighted by Crippen LogP contribution is 2.18. The SMILES string of the molecule is Cc1nn([C@@H](C)CO)c(I)c1C. The van der Waals surface area contributed by atoms with E-state index in [1.807, 2.05) is 25.5 Å². The van der Waals surface area contributed by atoms with E-state index in [9.17, 15) is 0 Å². The molecule has 68 valence electrons. The maximum absolute atomic E-state index is 8.95. The summed E-state index contributed by atoms with van der Waals surface area (Å²) in [6.45, 7) is 6.12. The van der Waals surface area contributed by atoms with E-state index in [0.717, 1.165) is 9.39 Å². The maximum atomic E-state index is 8.95. The van der Waals surface area contributed by atoms with Crippen LogP contribution in [0.4, 0.5) is 0 Å². The molecule has 0 radical (unpaired) electrons. The molecule has 0 amide bonds. The largest absolute Gasteiger partial charge is 0.394 e. The van der Waals surface area contributed by atoms with Gasteiger partial charge in [-0.25, -0.2) is 0 Å². The molecule has 1 heterocycles. The van der Waals surface area contributed by atoms with Crippen molar-refractivity contribution in [1.82, 2.24) is 9.78 Å². The highest BCUT2D eigenvalue weighted by molar-refractivity contribution is 14.1. The van der Waals surface area contributed by atoms with Gasteiger partial charge in [-0.15, -0.1) is 0 Å². The van der Waals surface area contributed by atoms with Gasteiger partial charge < -0.3 is 5.11 Å². The minimum atomic E-state index is 0.0734. The van der Waals surface area contributed by atoms with Gasteiger partial charge in [0.1, 0.15) is 3.70 Å². The lowest BCUT2D eigenvalue weighted by Gasteiger charge is -2.09. The molecule has 4 heteroatoms. The van der Waals surface area contributed by atoms with Gasteiger partial charge in [-0.1, -0.05) is 0 Å². The zero-order chi connectivity index (χ0) is 9.30. The quantitative estimate of drug-likeness (QED) is 0.837. The van der Waals surface area contributed by atoms with E-state index in [2.05, 4.69) is 27.7 Å². The van der Waals surface area contributed by atoms with Crippen LogP contribution in [0.3, 0.4) is 0 Å². The fourth-order valence-corrected chi connectivity index (χ4v) is 1.94. The van der Waals surface area contributed by atoms with Gasteiger partial charge in [0.15, 0.2) is 0 Å². The summed E-state index contributed by atoms with van der Waals surface area (Å²) in [5, 5.41) is 13.3. The number of hydrogen-bond donors (Lipinski definition) is 1. The van der Waals surface area contributed by atoms with Crippen LogP contribution in [0.1, 0.15) is 24.2 Å². The molecule has 1 aromatic rings. The normalized spacial score (nSPS) is 13.4. The van der Waals surface area contributed by atoms with Gasteiger partial charge in [-0.2, -0.15) is 5.10 Å². The first kappa shape index (κ1) is 9.98. The van der Waals surface area contributed by atoms with Gasteiger partial charge in [0.25, 0.3) is 0 Å². The summed E-state index contributed by atoms with van der Waals surface area (Å²) in [6.07, 6.45) is 0. The Labute approximate surface area is 85.9 Å². The van der Waals surface area contributed by atoms with Gasteiger partial charge in [-0.3, -0.25) is 4.68 Å². The lowest BCUT2D eigenvalue weighted by molar-refractivity contribution is 0.227. The number of aryl methyl sites for hydroxylation is 1. The summed E-state index contributed by atoms with van der Waals surface area (Å²) in [7, 11) is 0. The Bertz CT molecular complexity index is 283. The topological polar surface area (TPSA) is 38.0 Å². The van der Waals surface area contributed by atoms with Gasteiger partial charge in [0.05, 0.1) is 18.3 Å². The van der Waals surface area contributed by atoms with Gasteiger partial charge >= 0.3 is 0 Å². The highest BCUT2D eigenvalue weighted by atomic mass is 127. The van der Waals surface area contributed by atoms with E-state index in [1.165, 1.54) is 5.56 Å². The molecular formula is C8H13IN2O. The first-order valence-electron chi connectivity index (χ1n) is 3.90. The van der Waals surface area contributed by atoms with Crippen LogP contribution in [0, 0.1) is 17.5 Å². The Morgan fingerprint density at radius 3 is 2.50 bits per heavy atom. The molecule has 1 N–H and O–H groups in total. The molecule has 0 saturated carbocycles. The van der Waals surface area contributed by atoms with Crippen molar-refractivity contribution in [3.8, 4) is 0 Å². The van der Waals surface area contributed by atoms with Crippen molar-refractivity contribution in [2.45, 2.75) is 26.8 Å². The van der Waals surface area contributed by atoms with Crippen molar-refractivity contribution in [1.29, 1.82) is 0 Å². The van der Waals surface area contributed by atoms with E-state index in [0.29, 0.717) is 0 Å². The lowest BCUT2D eigenvalue weighted by atomic mass is 10.3. The van der Waals surface area contributed by atoms with Crippen molar-refractivity contribution >= 4 is 22.6 Å². The number of halogens is 1. The third kappa shape index (κ3) is 1.64. The molecule has 1 atom stereocenters. The number of aliphatic hydroxyl groups excluding tert-OH is 1. The highest BCUT2D eigenvalue weighted by Gasteiger charge is 2.12. The third-order valence-electron chi connectivity index (χ3n) is 1.99. The second-order valence-electron chi connectivity index (χ2n) is 2.98. The van der Waals surface area contributed by atoms with Crippen molar-refractivity contribution in [2.75, 3.05) is 6.61 Å². The van der Waals surface area contributed by atoms with E-state index in [1.54, 1.807) is 0 Å². The molecule has 0 aromatic carbocycles. The molecule has 0 fully saturated rings. The fraction of sp³-hybridized carbons (Fsp3) is 0.625. The first-order valence-corrected chi connectivity index (χ1v) is 4.97. The van der Waals surface area contributed by atoms with Crippen LogP contribution in [0.5, 0.6) is 0 Å². The summed E-state index contributed by atoms with van der Waals surface area (Å²) in [5.41, 5.74) is 2.25. The average molecular weight is 280 g/mol. The summed E-state index contributed by atoms with van der Waals surface area (Å²) >= 11 is 2.25. The molecule has 0 aliphatic rings. The van der Waals surface area contributed by atoms with E-state index in [-0.39, 0.29) is 12.6 Å². The molecule has 0 unspecified atom stereocenters. The van der Waals surface area contributed by atoms with Crippen molar-refractivity contribution in [3.63, 3.8) is 0 Å². The summed E-state index contributed by atoms with van der Waals surface area (Å²) in [6, 6.07) is 0.0734. The van der Waals surface area contributed by atoms with Gasteiger partial charge in [0, 0.05) is 5.56 Å². The Morgan fingerprint density at radius 1 is 1.58 bits per heavy atom. The summed E-state index contributed by atoms with van der Waals surface area (Å²) in [4.78, 5) is 0. The molecular weight excluding hydrogens is 267 g/mol. The van der Waals surface area contributed by atoms with Gasteiger partial charge in [-0.05, 0) is 43.4 Å². The molecule has 1 rings (SSSR count). The van der Waals surface area contributed by atoms with Crippen LogP contribution in [-0.4, -0.2) is 21.5 Å². The van der Waals surface area contributed by atoms with Crippen molar-refractivity contribution in [3.05, 3.63) is 15.0 Å². The number of aliphatic hydroxyl groups is 1. The minimum Gasteiger partial charge on any atom is -0.394 e. The number of hydrogen-bond acceptors (Lipinski definition) is 2. The Kier molecular flexibility index (Phi) is 3.11. The molecule has 0 bridgehead atoms. The van der Waals surface area contributed by atoms with Crippen LogP contribution in [-0.2, 0) is 0 Å². The van der Waals surface area contributed by atoms with Crippen LogP contribution in [0.2, 0.25) is 0 Å². The van der Waals surface area contributed by atoms with Gasteiger partial charge in [0.2, 0.25) is 0 Å². The van der Waals surface area contributed by atoms with Crippen LogP contribution in [0.25, 0.3) is 0 Å². The van der Waals surface area contributed by atoms with Crippen LogP contribution < -0.4 is 0 Å². The average Bonchev–Trinajstić information content (AvgIpc) is 2.32. The molecule has 0 aliphatic heterocycles. The van der Waals surface area contributed by atoms with Crippen molar-refractivity contribution in [2.24, 2.45) is 0 Å². The Balaban J connectivity index is 3.08.